The van der Waals surface area contributed by atoms with E-state index in [4.69, 9.17) is 0 Å². The number of hydrogen-bond donors (Lipinski definition) is 1. The SMILES string of the molecule is C=CC[C@@H]1[C@H](CCCO)[C@@H](c2ccccc2)CCN1S(=O)(=O)c1ccc(C)cc1. The Morgan fingerprint density at radius 3 is 2.45 bits per heavy atom. The van der Waals surface area contributed by atoms with Crippen molar-refractivity contribution < 1.29 is 13.5 Å². The lowest BCUT2D eigenvalue weighted by atomic mass is 9.73. The van der Waals surface area contributed by atoms with Crippen molar-refractivity contribution in [2.45, 2.75) is 49.5 Å². The summed E-state index contributed by atoms with van der Waals surface area (Å²) in [6.07, 6.45) is 4.65. The second-order valence-corrected chi connectivity index (χ2v) is 9.75. The van der Waals surface area contributed by atoms with Crippen molar-refractivity contribution >= 4 is 10.0 Å². The van der Waals surface area contributed by atoms with Crippen molar-refractivity contribution in [1.82, 2.24) is 4.31 Å². The van der Waals surface area contributed by atoms with Crippen LogP contribution in [-0.4, -0.2) is 37.0 Å². The summed E-state index contributed by atoms with van der Waals surface area (Å²) in [4.78, 5) is 0.344. The van der Waals surface area contributed by atoms with E-state index < -0.39 is 10.0 Å². The molecule has 156 valence electrons. The molecule has 0 spiro atoms. The summed E-state index contributed by atoms with van der Waals surface area (Å²) in [6.45, 7) is 6.45. The van der Waals surface area contributed by atoms with Gasteiger partial charge in [0.15, 0.2) is 0 Å². The largest absolute Gasteiger partial charge is 0.396 e. The maximum atomic E-state index is 13.5. The summed E-state index contributed by atoms with van der Waals surface area (Å²) in [6, 6.07) is 17.3. The number of piperidine rings is 1. The lowest BCUT2D eigenvalue weighted by Crippen LogP contribution is -2.50. The van der Waals surface area contributed by atoms with Crippen LogP contribution in [0.4, 0.5) is 0 Å². The van der Waals surface area contributed by atoms with Crippen molar-refractivity contribution in [2.75, 3.05) is 13.2 Å². The topological polar surface area (TPSA) is 57.6 Å². The molecule has 3 atom stereocenters. The number of rotatable bonds is 8. The van der Waals surface area contributed by atoms with Gasteiger partial charge in [0.1, 0.15) is 0 Å². The third-order valence-corrected chi connectivity index (χ3v) is 7.94. The molecule has 0 aliphatic carbocycles. The quantitative estimate of drug-likeness (QED) is 0.648. The molecule has 0 aromatic heterocycles. The van der Waals surface area contributed by atoms with Gasteiger partial charge in [0.05, 0.1) is 4.90 Å². The van der Waals surface area contributed by atoms with Gasteiger partial charge in [-0.05, 0) is 62.1 Å². The third-order valence-electron chi connectivity index (χ3n) is 6.00. The molecule has 2 aromatic rings. The predicted octanol–water partition coefficient (Wildman–Crippen LogP) is 4.51. The van der Waals surface area contributed by atoms with Gasteiger partial charge in [0.2, 0.25) is 10.0 Å². The van der Waals surface area contributed by atoms with Crippen LogP contribution in [0, 0.1) is 12.8 Å². The Morgan fingerprint density at radius 2 is 1.83 bits per heavy atom. The highest BCUT2D eigenvalue weighted by atomic mass is 32.2. The minimum Gasteiger partial charge on any atom is -0.396 e. The molecule has 3 rings (SSSR count). The molecule has 1 N–H and O–H groups in total. The van der Waals surface area contributed by atoms with E-state index in [1.165, 1.54) is 5.56 Å². The number of aryl methyl sites for hydroxylation is 1. The first kappa shape index (κ1) is 21.8. The molecule has 1 heterocycles. The number of aliphatic hydroxyl groups excluding tert-OH is 1. The molecule has 0 radical (unpaired) electrons. The zero-order valence-electron chi connectivity index (χ0n) is 17.1. The molecule has 0 bridgehead atoms. The second kappa shape index (κ2) is 9.70. The van der Waals surface area contributed by atoms with E-state index >= 15 is 0 Å². The normalized spacial score (nSPS) is 23.0. The first-order valence-electron chi connectivity index (χ1n) is 10.3. The van der Waals surface area contributed by atoms with E-state index in [-0.39, 0.29) is 24.5 Å². The summed E-state index contributed by atoms with van der Waals surface area (Å²) in [7, 11) is -3.59. The summed E-state index contributed by atoms with van der Waals surface area (Å²) in [5.41, 5.74) is 2.28. The van der Waals surface area contributed by atoms with E-state index in [9.17, 15) is 13.5 Å². The van der Waals surface area contributed by atoms with Crippen LogP contribution in [0.1, 0.15) is 42.7 Å². The summed E-state index contributed by atoms with van der Waals surface area (Å²) in [5.74, 6) is 0.411. The standard InChI is InChI=1S/C24H31NO3S/c1-3-8-24-23(11-7-18-26)22(20-9-5-4-6-10-20)16-17-25(24)29(27,28)21-14-12-19(2)13-15-21/h3-6,9-10,12-15,22-24,26H,1,7-8,11,16-18H2,2H3/t22-,23-,24-/m1/s1. The summed E-state index contributed by atoms with van der Waals surface area (Å²) in [5, 5.41) is 9.45. The number of benzene rings is 2. The van der Waals surface area contributed by atoms with Gasteiger partial charge in [-0.2, -0.15) is 4.31 Å². The molecular weight excluding hydrogens is 382 g/mol. The van der Waals surface area contributed by atoms with Crippen LogP contribution in [0.25, 0.3) is 0 Å². The smallest absolute Gasteiger partial charge is 0.243 e. The summed E-state index contributed by atoms with van der Waals surface area (Å²) < 4.78 is 28.7. The lowest BCUT2D eigenvalue weighted by molar-refractivity contribution is 0.133. The summed E-state index contributed by atoms with van der Waals surface area (Å²) >= 11 is 0. The predicted molar refractivity (Wildman–Crippen MR) is 117 cm³/mol. The molecule has 4 nitrogen and oxygen atoms in total. The van der Waals surface area contributed by atoms with Crippen LogP contribution in [0.15, 0.2) is 72.1 Å². The average Bonchev–Trinajstić information content (AvgIpc) is 2.73. The molecular formula is C24H31NO3S. The molecule has 2 aromatic carbocycles. The maximum Gasteiger partial charge on any atom is 0.243 e. The Balaban J connectivity index is 1.98. The fraction of sp³-hybridized carbons (Fsp3) is 0.417. The maximum absolute atomic E-state index is 13.5. The van der Waals surface area contributed by atoms with Gasteiger partial charge in [0, 0.05) is 19.2 Å². The number of aliphatic hydroxyl groups is 1. The lowest BCUT2D eigenvalue weighted by Gasteiger charge is -2.45. The van der Waals surface area contributed by atoms with Crippen LogP contribution < -0.4 is 0 Å². The molecule has 0 saturated carbocycles. The van der Waals surface area contributed by atoms with Crippen molar-refractivity contribution in [3.05, 3.63) is 78.4 Å². The van der Waals surface area contributed by atoms with E-state index in [2.05, 4.69) is 18.7 Å². The van der Waals surface area contributed by atoms with Gasteiger partial charge in [0.25, 0.3) is 0 Å². The van der Waals surface area contributed by atoms with Crippen LogP contribution >= 0.6 is 0 Å². The number of nitrogens with zero attached hydrogens (tertiary/aromatic N) is 1. The molecule has 0 amide bonds. The molecule has 1 saturated heterocycles. The monoisotopic (exact) mass is 413 g/mol. The van der Waals surface area contributed by atoms with Gasteiger partial charge < -0.3 is 5.11 Å². The van der Waals surface area contributed by atoms with Crippen LogP contribution in [0.3, 0.4) is 0 Å². The molecule has 5 heteroatoms. The van der Waals surface area contributed by atoms with Crippen molar-refractivity contribution in [2.24, 2.45) is 5.92 Å². The van der Waals surface area contributed by atoms with Crippen LogP contribution in [0.2, 0.25) is 0 Å². The average molecular weight is 414 g/mol. The molecule has 1 fully saturated rings. The first-order chi connectivity index (χ1) is 14.0. The van der Waals surface area contributed by atoms with Crippen LogP contribution in [0.5, 0.6) is 0 Å². The molecule has 29 heavy (non-hydrogen) atoms. The van der Waals surface area contributed by atoms with Gasteiger partial charge >= 0.3 is 0 Å². The third kappa shape index (κ3) is 4.80. The fourth-order valence-corrected chi connectivity index (χ4v) is 6.27. The Kier molecular flexibility index (Phi) is 7.28. The highest BCUT2D eigenvalue weighted by Gasteiger charge is 2.42. The highest BCUT2D eigenvalue weighted by Crippen LogP contribution is 2.42. The second-order valence-electron chi connectivity index (χ2n) is 7.86. The van der Waals surface area contributed by atoms with Gasteiger partial charge in [-0.1, -0.05) is 54.1 Å². The van der Waals surface area contributed by atoms with Crippen molar-refractivity contribution in [3.63, 3.8) is 0 Å². The first-order valence-corrected chi connectivity index (χ1v) is 11.8. The zero-order valence-corrected chi connectivity index (χ0v) is 17.9. The number of sulfonamides is 1. The van der Waals surface area contributed by atoms with Crippen molar-refractivity contribution in [1.29, 1.82) is 0 Å². The number of hydrogen-bond acceptors (Lipinski definition) is 3. The van der Waals surface area contributed by atoms with Crippen LogP contribution in [-0.2, 0) is 10.0 Å². The van der Waals surface area contributed by atoms with Crippen molar-refractivity contribution in [3.8, 4) is 0 Å². The Hall–Kier alpha value is -1.95. The van der Waals surface area contributed by atoms with E-state index in [0.29, 0.717) is 24.3 Å². The minimum atomic E-state index is -3.59. The zero-order chi connectivity index (χ0) is 20.9. The molecule has 1 aliphatic heterocycles. The minimum absolute atomic E-state index is 0.115. The highest BCUT2D eigenvalue weighted by molar-refractivity contribution is 7.89. The van der Waals surface area contributed by atoms with Gasteiger partial charge in [-0.25, -0.2) is 8.42 Å². The van der Waals surface area contributed by atoms with Gasteiger partial charge in [-0.15, -0.1) is 6.58 Å². The fourth-order valence-electron chi connectivity index (χ4n) is 4.57. The van der Waals surface area contributed by atoms with E-state index in [1.807, 2.05) is 43.3 Å². The van der Waals surface area contributed by atoms with Gasteiger partial charge in [-0.3, -0.25) is 0 Å². The van der Waals surface area contributed by atoms with E-state index in [1.54, 1.807) is 16.4 Å². The Bertz CT molecular complexity index is 893. The van der Waals surface area contributed by atoms with E-state index in [0.717, 1.165) is 18.4 Å². The Morgan fingerprint density at radius 1 is 1.14 bits per heavy atom. The molecule has 1 aliphatic rings. The molecule has 0 unspecified atom stereocenters. The Labute approximate surface area is 174 Å².